The maximum absolute atomic E-state index is 12.9. The van der Waals surface area contributed by atoms with Gasteiger partial charge in [-0.2, -0.15) is 17.6 Å². The van der Waals surface area contributed by atoms with E-state index in [4.69, 9.17) is 0 Å². The standard InChI is InChI=1S/C9H14F4N2/c10-8(11)5-15(6-9(8,12)13)7-1-3-14-4-2-7/h7,14H,1-6H2. The van der Waals surface area contributed by atoms with Crippen LogP contribution in [-0.4, -0.2) is 49.0 Å². The highest BCUT2D eigenvalue weighted by molar-refractivity contribution is 4.99. The first-order chi connectivity index (χ1) is 6.92. The molecule has 0 bridgehead atoms. The van der Waals surface area contributed by atoms with E-state index in [0.717, 1.165) is 13.1 Å². The lowest BCUT2D eigenvalue weighted by Gasteiger charge is -2.30. The highest BCUT2D eigenvalue weighted by Crippen LogP contribution is 2.42. The highest BCUT2D eigenvalue weighted by Gasteiger charge is 2.63. The summed E-state index contributed by atoms with van der Waals surface area (Å²) in [4.78, 5) is 1.24. The fourth-order valence-electron chi connectivity index (χ4n) is 2.23. The van der Waals surface area contributed by atoms with E-state index in [1.165, 1.54) is 4.90 Å². The van der Waals surface area contributed by atoms with Crippen molar-refractivity contribution in [3.63, 3.8) is 0 Å². The second kappa shape index (κ2) is 3.59. The number of rotatable bonds is 1. The van der Waals surface area contributed by atoms with Crippen LogP contribution in [0.1, 0.15) is 12.8 Å². The van der Waals surface area contributed by atoms with Crippen LogP contribution in [0, 0.1) is 0 Å². The average Bonchev–Trinajstić information content (AvgIpc) is 2.38. The normalized spacial score (nSPS) is 32.0. The zero-order chi connectivity index (χ0) is 11.1. The summed E-state index contributed by atoms with van der Waals surface area (Å²) >= 11 is 0. The van der Waals surface area contributed by atoms with Crippen LogP contribution >= 0.6 is 0 Å². The molecule has 2 fully saturated rings. The van der Waals surface area contributed by atoms with Crippen molar-refractivity contribution in [1.82, 2.24) is 10.2 Å². The number of nitrogens with zero attached hydrogens (tertiary/aromatic N) is 1. The third-order valence-electron chi connectivity index (χ3n) is 3.16. The van der Waals surface area contributed by atoms with Crippen LogP contribution in [0.4, 0.5) is 17.6 Å². The second-order valence-electron chi connectivity index (χ2n) is 4.30. The van der Waals surface area contributed by atoms with Crippen molar-refractivity contribution >= 4 is 0 Å². The molecule has 2 heterocycles. The lowest BCUT2D eigenvalue weighted by molar-refractivity contribution is -0.172. The Morgan fingerprint density at radius 3 is 1.87 bits per heavy atom. The van der Waals surface area contributed by atoms with Gasteiger partial charge >= 0.3 is 11.8 Å². The first-order valence-corrected chi connectivity index (χ1v) is 5.13. The molecule has 2 saturated heterocycles. The number of nitrogens with one attached hydrogen (secondary N) is 1. The maximum Gasteiger partial charge on any atom is 0.323 e. The molecule has 2 aliphatic heterocycles. The zero-order valence-electron chi connectivity index (χ0n) is 8.28. The van der Waals surface area contributed by atoms with E-state index in [2.05, 4.69) is 5.32 Å². The molecule has 2 nitrogen and oxygen atoms in total. The highest BCUT2D eigenvalue weighted by atomic mass is 19.3. The Hall–Kier alpha value is -0.360. The number of halogens is 4. The predicted octanol–water partition coefficient (Wildman–Crippen LogP) is 1.32. The van der Waals surface area contributed by atoms with Crippen molar-refractivity contribution in [2.75, 3.05) is 26.2 Å². The Balaban J connectivity index is 2.02. The maximum atomic E-state index is 12.9. The van der Waals surface area contributed by atoms with E-state index in [1.54, 1.807) is 0 Å². The van der Waals surface area contributed by atoms with Crippen LogP contribution in [0.15, 0.2) is 0 Å². The smallest absolute Gasteiger partial charge is 0.317 e. The largest absolute Gasteiger partial charge is 0.323 e. The molecule has 0 atom stereocenters. The average molecular weight is 226 g/mol. The molecule has 6 heteroatoms. The predicted molar refractivity (Wildman–Crippen MR) is 47.4 cm³/mol. The third-order valence-corrected chi connectivity index (χ3v) is 3.16. The summed E-state index contributed by atoms with van der Waals surface area (Å²) in [7, 11) is 0. The lowest BCUT2D eigenvalue weighted by atomic mass is 10.1. The molecule has 2 aliphatic rings. The summed E-state index contributed by atoms with van der Waals surface area (Å²) in [5.74, 6) is -7.73. The first-order valence-electron chi connectivity index (χ1n) is 5.13. The molecular weight excluding hydrogens is 212 g/mol. The Morgan fingerprint density at radius 2 is 1.40 bits per heavy atom. The molecule has 0 aliphatic carbocycles. The minimum atomic E-state index is -3.86. The van der Waals surface area contributed by atoms with E-state index < -0.39 is 24.9 Å². The summed E-state index contributed by atoms with van der Waals surface area (Å²) in [5.41, 5.74) is 0. The van der Waals surface area contributed by atoms with Gasteiger partial charge in [-0.3, -0.25) is 4.90 Å². The van der Waals surface area contributed by atoms with E-state index >= 15 is 0 Å². The van der Waals surface area contributed by atoms with E-state index in [1.807, 2.05) is 0 Å². The van der Waals surface area contributed by atoms with Crippen molar-refractivity contribution in [2.45, 2.75) is 30.7 Å². The second-order valence-corrected chi connectivity index (χ2v) is 4.30. The van der Waals surface area contributed by atoms with Crippen LogP contribution in [0.25, 0.3) is 0 Å². The number of likely N-dealkylation sites (tertiary alicyclic amines) is 1. The fourth-order valence-corrected chi connectivity index (χ4v) is 2.23. The molecule has 0 unspecified atom stereocenters. The van der Waals surface area contributed by atoms with Crippen LogP contribution in [0.3, 0.4) is 0 Å². The van der Waals surface area contributed by atoms with Gasteiger partial charge in [-0.05, 0) is 25.9 Å². The van der Waals surface area contributed by atoms with Gasteiger partial charge in [-0.15, -0.1) is 0 Å². The number of hydrogen-bond acceptors (Lipinski definition) is 2. The van der Waals surface area contributed by atoms with Crippen LogP contribution in [0.5, 0.6) is 0 Å². The van der Waals surface area contributed by atoms with Crippen molar-refractivity contribution in [1.29, 1.82) is 0 Å². The molecule has 2 rings (SSSR count). The molecule has 0 aromatic heterocycles. The van der Waals surface area contributed by atoms with Crippen molar-refractivity contribution < 1.29 is 17.6 Å². The molecule has 0 amide bonds. The van der Waals surface area contributed by atoms with Crippen molar-refractivity contribution in [2.24, 2.45) is 0 Å². The Kier molecular flexibility index (Phi) is 2.66. The molecule has 0 spiro atoms. The van der Waals surface area contributed by atoms with Crippen LogP contribution in [-0.2, 0) is 0 Å². The molecule has 0 aromatic rings. The first kappa shape index (κ1) is 11.1. The summed E-state index contributed by atoms with van der Waals surface area (Å²) < 4.78 is 51.7. The monoisotopic (exact) mass is 226 g/mol. The van der Waals surface area contributed by atoms with Gasteiger partial charge in [-0.25, -0.2) is 0 Å². The quantitative estimate of drug-likeness (QED) is 0.678. The fraction of sp³-hybridized carbons (Fsp3) is 1.00. The third kappa shape index (κ3) is 1.97. The van der Waals surface area contributed by atoms with E-state index in [9.17, 15) is 17.6 Å². The van der Waals surface area contributed by atoms with Crippen LogP contribution in [0.2, 0.25) is 0 Å². The van der Waals surface area contributed by atoms with E-state index in [0.29, 0.717) is 12.8 Å². The van der Waals surface area contributed by atoms with Gasteiger partial charge in [0.1, 0.15) is 0 Å². The Labute approximate surface area is 85.6 Å². The van der Waals surface area contributed by atoms with E-state index in [-0.39, 0.29) is 6.04 Å². The number of alkyl halides is 4. The summed E-state index contributed by atoms with van der Waals surface area (Å²) in [6, 6.07) is -0.120. The minimum absolute atomic E-state index is 0.120. The Bertz CT molecular complexity index is 222. The van der Waals surface area contributed by atoms with Crippen molar-refractivity contribution in [3.05, 3.63) is 0 Å². The minimum Gasteiger partial charge on any atom is -0.317 e. The van der Waals surface area contributed by atoms with Gasteiger partial charge in [0.2, 0.25) is 0 Å². The van der Waals surface area contributed by atoms with Gasteiger partial charge in [0, 0.05) is 6.04 Å². The topological polar surface area (TPSA) is 15.3 Å². The molecule has 0 radical (unpaired) electrons. The van der Waals surface area contributed by atoms with Gasteiger partial charge in [0.15, 0.2) is 0 Å². The Morgan fingerprint density at radius 1 is 0.933 bits per heavy atom. The number of hydrogen-bond donors (Lipinski definition) is 1. The molecular formula is C9H14F4N2. The lowest BCUT2D eigenvalue weighted by Crippen LogP contribution is -2.42. The van der Waals surface area contributed by atoms with Gasteiger partial charge in [0.05, 0.1) is 13.1 Å². The van der Waals surface area contributed by atoms with Gasteiger partial charge < -0.3 is 5.32 Å². The number of piperidine rings is 1. The molecule has 0 aromatic carbocycles. The summed E-state index contributed by atoms with van der Waals surface area (Å²) in [5, 5.41) is 3.08. The van der Waals surface area contributed by atoms with Crippen LogP contribution < -0.4 is 5.32 Å². The van der Waals surface area contributed by atoms with Gasteiger partial charge in [0.25, 0.3) is 0 Å². The zero-order valence-corrected chi connectivity index (χ0v) is 8.28. The SMILES string of the molecule is FC1(F)CN(C2CCNCC2)CC1(F)F. The molecule has 0 saturated carbocycles. The summed E-state index contributed by atoms with van der Waals surface area (Å²) in [6.45, 7) is -0.161. The molecule has 1 N–H and O–H groups in total. The molecule has 88 valence electrons. The van der Waals surface area contributed by atoms with Gasteiger partial charge in [-0.1, -0.05) is 0 Å². The van der Waals surface area contributed by atoms with Crippen molar-refractivity contribution in [3.8, 4) is 0 Å². The summed E-state index contributed by atoms with van der Waals surface area (Å²) in [6.07, 6.45) is 1.35. The molecule has 15 heavy (non-hydrogen) atoms.